The smallest absolute Gasteiger partial charge is 0.332 e. The molecule has 10 heteroatoms. The lowest BCUT2D eigenvalue weighted by Gasteiger charge is -2.23. The Kier molecular flexibility index (Phi) is 5.31. The Morgan fingerprint density at radius 2 is 1.79 bits per heavy atom. The number of allylic oxidation sites excluding steroid dienone is 1. The quantitative estimate of drug-likeness (QED) is 0.418. The summed E-state index contributed by atoms with van der Waals surface area (Å²) in [4.78, 5) is 55.5. The molecule has 0 N–H and O–H groups in total. The highest BCUT2D eigenvalue weighted by molar-refractivity contribution is 5.94. The van der Waals surface area contributed by atoms with Gasteiger partial charge in [-0.25, -0.2) is 9.78 Å². The molecule has 172 valence electrons. The standard InChI is InChI=1S/C23H25N5O5/c1-23(2)15-8-6-7-9-16(15)25(3)17(23)10-14(29)12-33-18(30)11-28-13-24-20-19(28)21(31)27(5)22(32)26(20)4/h6-10,13H,11-12H2,1-5H3/b17-10+. The molecule has 0 bridgehead atoms. The summed E-state index contributed by atoms with van der Waals surface area (Å²) >= 11 is 0. The molecule has 0 spiro atoms. The summed E-state index contributed by atoms with van der Waals surface area (Å²) in [7, 11) is 4.74. The first-order valence-corrected chi connectivity index (χ1v) is 10.4. The Balaban J connectivity index is 1.48. The van der Waals surface area contributed by atoms with Gasteiger partial charge in [0.05, 0.1) is 6.33 Å². The van der Waals surface area contributed by atoms with Crippen LogP contribution < -0.4 is 16.1 Å². The van der Waals surface area contributed by atoms with Gasteiger partial charge in [0.1, 0.15) is 6.54 Å². The summed E-state index contributed by atoms with van der Waals surface area (Å²) in [6, 6.07) is 7.94. The van der Waals surface area contributed by atoms with E-state index < -0.39 is 23.8 Å². The number of benzene rings is 1. The predicted octanol–water partition coefficient (Wildman–Crippen LogP) is 0.857. The first-order chi connectivity index (χ1) is 15.5. The van der Waals surface area contributed by atoms with Crippen molar-refractivity contribution in [1.29, 1.82) is 0 Å². The number of rotatable bonds is 5. The zero-order chi connectivity index (χ0) is 24.1. The van der Waals surface area contributed by atoms with Gasteiger partial charge in [0.25, 0.3) is 5.56 Å². The summed E-state index contributed by atoms with van der Waals surface area (Å²) in [5.74, 6) is -1.04. The van der Waals surface area contributed by atoms with Gasteiger partial charge < -0.3 is 14.2 Å². The van der Waals surface area contributed by atoms with E-state index in [1.807, 2.05) is 50.1 Å². The lowest BCUT2D eigenvalue weighted by Crippen LogP contribution is -2.37. The van der Waals surface area contributed by atoms with E-state index in [9.17, 15) is 19.2 Å². The van der Waals surface area contributed by atoms with Gasteiger partial charge in [-0.05, 0) is 11.6 Å². The second-order valence-electron chi connectivity index (χ2n) is 8.61. The molecule has 2 aromatic heterocycles. The van der Waals surface area contributed by atoms with Crippen LogP contribution in [0.5, 0.6) is 0 Å². The summed E-state index contributed by atoms with van der Waals surface area (Å²) in [5.41, 5.74) is 1.80. The van der Waals surface area contributed by atoms with Crippen molar-refractivity contribution in [3.8, 4) is 0 Å². The lowest BCUT2D eigenvalue weighted by atomic mass is 9.83. The van der Waals surface area contributed by atoms with Gasteiger partial charge in [-0.15, -0.1) is 0 Å². The van der Waals surface area contributed by atoms with Gasteiger partial charge in [0.15, 0.2) is 23.6 Å². The molecular formula is C23H25N5O5. The van der Waals surface area contributed by atoms with Crippen LogP contribution in [0.25, 0.3) is 11.2 Å². The molecule has 0 atom stereocenters. The number of nitrogens with zero attached hydrogens (tertiary/aromatic N) is 5. The summed E-state index contributed by atoms with van der Waals surface area (Å²) < 4.78 is 8.65. The Hall–Kier alpha value is -3.95. The molecule has 0 saturated heterocycles. The Morgan fingerprint density at radius 3 is 2.48 bits per heavy atom. The zero-order valence-electron chi connectivity index (χ0n) is 19.2. The van der Waals surface area contributed by atoms with Gasteiger partial charge in [-0.1, -0.05) is 32.0 Å². The minimum absolute atomic E-state index is 0.108. The number of aromatic nitrogens is 4. The van der Waals surface area contributed by atoms with E-state index in [0.717, 1.165) is 21.5 Å². The van der Waals surface area contributed by atoms with Crippen LogP contribution in [-0.2, 0) is 40.4 Å². The number of para-hydroxylation sites is 1. The SMILES string of the molecule is CN1/C(=C/C(=O)COC(=O)Cn2cnc3c2c(=O)n(C)c(=O)n3C)C(C)(C)c2ccccc21. The summed E-state index contributed by atoms with van der Waals surface area (Å²) in [5, 5.41) is 0. The first kappa shape index (κ1) is 22.3. The molecule has 4 rings (SSSR count). The maximum absolute atomic E-state index is 12.6. The van der Waals surface area contributed by atoms with Crippen molar-refractivity contribution < 1.29 is 14.3 Å². The minimum Gasteiger partial charge on any atom is -0.456 e. The Labute approximate surface area is 189 Å². The van der Waals surface area contributed by atoms with E-state index in [-0.39, 0.29) is 28.9 Å². The average molecular weight is 451 g/mol. The number of fused-ring (bicyclic) bond motifs is 2. The fourth-order valence-electron chi connectivity index (χ4n) is 4.31. The molecule has 10 nitrogen and oxygen atoms in total. The van der Waals surface area contributed by atoms with Gasteiger partial charge in [-0.3, -0.25) is 23.5 Å². The van der Waals surface area contributed by atoms with Crippen molar-refractivity contribution in [2.75, 3.05) is 18.6 Å². The number of hydrogen-bond donors (Lipinski definition) is 0. The van der Waals surface area contributed by atoms with Gasteiger partial charge in [0, 0.05) is 44.0 Å². The highest BCUT2D eigenvalue weighted by atomic mass is 16.5. The number of aryl methyl sites for hydroxylation is 1. The topological polar surface area (TPSA) is 108 Å². The third kappa shape index (κ3) is 3.57. The van der Waals surface area contributed by atoms with Crippen molar-refractivity contribution >= 4 is 28.6 Å². The fourth-order valence-corrected chi connectivity index (χ4v) is 4.31. The van der Waals surface area contributed by atoms with E-state index in [2.05, 4.69) is 4.98 Å². The first-order valence-electron chi connectivity index (χ1n) is 10.4. The number of carbonyl (C=O) groups excluding carboxylic acids is 2. The third-order valence-corrected chi connectivity index (χ3v) is 6.13. The van der Waals surface area contributed by atoms with E-state index in [1.54, 1.807) is 0 Å². The van der Waals surface area contributed by atoms with E-state index >= 15 is 0 Å². The van der Waals surface area contributed by atoms with Crippen LogP contribution in [0.3, 0.4) is 0 Å². The molecular weight excluding hydrogens is 426 g/mol. The number of esters is 1. The molecule has 1 aromatic carbocycles. The van der Waals surface area contributed by atoms with Gasteiger partial charge in [-0.2, -0.15) is 0 Å². The molecule has 33 heavy (non-hydrogen) atoms. The maximum atomic E-state index is 12.6. The van der Waals surface area contributed by atoms with E-state index in [1.165, 1.54) is 35.6 Å². The molecule has 3 heterocycles. The second-order valence-corrected chi connectivity index (χ2v) is 8.61. The second kappa shape index (κ2) is 7.88. The normalized spacial score (nSPS) is 15.8. The highest BCUT2D eigenvalue weighted by Crippen LogP contribution is 2.46. The number of ether oxygens (including phenoxy) is 1. The number of imidazole rings is 1. The molecule has 0 unspecified atom stereocenters. The maximum Gasteiger partial charge on any atom is 0.332 e. The molecule has 0 radical (unpaired) electrons. The van der Waals surface area contributed by atoms with Crippen LogP contribution in [-0.4, -0.2) is 44.1 Å². The number of carbonyl (C=O) groups is 2. The van der Waals surface area contributed by atoms with Crippen molar-refractivity contribution in [1.82, 2.24) is 18.7 Å². The van der Waals surface area contributed by atoms with E-state index in [4.69, 9.17) is 4.74 Å². The van der Waals surface area contributed by atoms with Crippen molar-refractivity contribution in [3.63, 3.8) is 0 Å². The largest absolute Gasteiger partial charge is 0.456 e. The zero-order valence-corrected chi connectivity index (χ0v) is 19.2. The molecule has 3 aromatic rings. The van der Waals surface area contributed by atoms with Crippen LogP contribution in [0.15, 0.2) is 52.0 Å². The Morgan fingerprint density at radius 1 is 1.09 bits per heavy atom. The van der Waals surface area contributed by atoms with Crippen LogP contribution in [0.2, 0.25) is 0 Å². The molecule has 0 fully saturated rings. The summed E-state index contributed by atoms with van der Waals surface area (Å²) in [6.45, 7) is 3.34. The monoisotopic (exact) mass is 451 g/mol. The summed E-state index contributed by atoms with van der Waals surface area (Å²) in [6.07, 6.45) is 2.80. The highest BCUT2D eigenvalue weighted by Gasteiger charge is 2.38. The minimum atomic E-state index is -0.695. The fraction of sp³-hybridized carbons (Fsp3) is 0.348. The van der Waals surface area contributed by atoms with Crippen molar-refractivity contribution in [3.05, 3.63) is 68.8 Å². The third-order valence-electron chi connectivity index (χ3n) is 6.13. The van der Waals surface area contributed by atoms with Gasteiger partial charge in [0.2, 0.25) is 0 Å². The molecule has 1 aliphatic heterocycles. The van der Waals surface area contributed by atoms with Crippen LogP contribution in [0, 0.1) is 0 Å². The Bertz CT molecular complexity index is 1440. The number of anilines is 1. The number of likely N-dealkylation sites (N-methyl/N-ethyl adjacent to an activating group) is 1. The van der Waals surface area contributed by atoms with Crippen LogP contribution in [0.1, 0.15) is 19.4 Å². The van der Waals surface area contributed by atoms with Crippen molar-refractivity contribution in [2.45, 2.75) is 25.8 Å². The van der Waals surface area contributed by atoms with Crippen LogP contribution >= 0.6 is 0 Å². The van der Waals surface area contributed by atoms with Crippen molar-refractivity contribution in [2.24, 2.45) is 14.1 Å². The predicted molar refractivity (Wildman–Crippen MR) is 122 cm³/mol. The molecule has 0 saturated carbocycles. The molecule has 0 aliphatic carbocycles. The average Bonchev–Trinajstić information content (AvgIpc) is 3.28. The van der Waals surface area contributed by atoms with E-state index in [0.29, 0.717) is 0 Å². The molecule has 0 amide bonds. The number of hydrogen-bond acceptors (Lipinski definition) is 7. The number of ketones is 1. The lowest BCUT2D eigenvalue weighted by molar-refractivity contribution is -0.147. The van der Waals surface area contributed by atoms with Gasteiger partial charge >= 0.3 is 11.7 Å². The van der Waals surface area contributed by atoms with Crippen LogP contribution in [0.4, 0.5) is 5.69 Å². The molecule has 1 aliphatic rings.